The first kappa shape index (κ1) is 8.55. The second-order valence-corrected chi connectivity index (χ2v) is 2.71. The molecule has 2 rings (SSSR count). The van der Waals surface area contributed by atoms with E-state index in [-0.39, 0.29) is 6.79 Å². The van der Waals surface area contributed by atoms with Gasteiger partial charge in [0.05, 0.1) is 0 Å². The topological polar surface area (TPSA) is 73.9 Å². The first-order valence-corrected chi connectivity index (χ1v) is 3.99. The van der Waals surface area contributed by atoms with Crippen molar-refractivity contribution >= 4 is 12.2 Å². The maximum Gasteiger partial charge on any atom is 0.338 e. The minimum atomic E-state index is -0.720. The molecule has 1 aromatic rings. The number of nitrogens with two attached hydrogens (primary N) is 1. The maximum absolute atomic E-state index is 10.4. The molecule has 1 heterocycles. The van der Waals surface area contributed by atoms with Crippen LogP contribution in [0.5, 0.6) is 11.5 Å². The van der Waals surface area contributed by atoms with Crippen LogP contribution in [-0.4, -0.2) is 19.0 Å². The predicted molar refractivity (Wildman–Crippen MR) is 49.7 cm³/mol. The Morgan fingerprint density at radius 1 is 1.43 bits per heavy atom. The van der Waals surface area contributed by atoms with Gasteiger partial charge < -0.3 is 15.2 Å². The summed E-state index contributed by atoms with van der Waals surface area (Å²) in [5.41, 5.74) is 5.60. The van der Waals surface area contributed by atoms with Crippen molar-refractivity contribution in [2.45, 2.75) is 0 Å². The lowest BCUT2D eigenvalue weighted by molar-refractivity contribution is 0.174. The normalized spacial score (nSPS) is 13.4. The minimum absolute atomic E-state index is 0.228. The van der Waals surface area contributed by atoms with Gasteiger partial charge in [0.15, 0.2) is 11.5 Å². The molecule has 0 saturated heterocycles. The molecule has 0 spiro atoms. The molecule has 0 aliphatic carbocycles. The quantitative estimate of drug-likeness (QED) is 0.672. The van der Waals surface area contributed by atoms with Crippen molar-refractivity contribution in [3.8, 4) is 11.5 Å². The monoisotopic (exact) mass is 192 g/mol. The average molecular weight is 192 g/mol. The molecule has 0 unspecified atom stereocenters. The van der Waals surface area contributed by atoms with Crippen molar-refractivity contribution in [3.05, 3.63) is 23.8 Å². The number of urea groups is 1. The van der Waals surface area contributed by atoms with Crippen molar-refractivity contribution < 1.29 is 14.3 Å². The highest BCUT2D eigenvalue weighted by Gasteiger charge is 2.12. The molecule has 1 aliphatic rings. The van der Waals surface area contributed by atoms with Gasteiger partial charge in [0.1, 0.15) is 0 Å². The molecule has 2 amide bonds. The second-order valence-electron chi connectivity index (χ2n) is 2.71. The number of carbonyl (C=O) groups excluding carboxylic acids is 1. The van der Waals surface area contributed by atoms with Gasteiger partial charge in [-0.3, -0.25) is 0 Å². The van der Waals surface area contributed by atoms with Crippen LogP contribution in [0.25, 0.3) is 0 Å². The van der Waals surface area contributed by atoms with Crippen molar-refractivity contribution in [2.75, 3.05) is 6.79 Å². The SMILES string of the molecule is NC(=O)/N=C/c1ccc2c(c1)OCO2. The Balaban J connectivity index is 2.25. The molecule has 1 aliphatic heterocycles. The van der Waals surface area contributed by atoms with Gasteiger partial charge in [-0.2, -0.15) is 0 Å². The zero-order valence-corrected chi connectivity index (χ0v) is 7.27. The average Bonchev–Trinajstić information content (AvgIpc) is 2.61. The van der Waals surface area contributed by atoms with Crippen LogP contribution in [-0.2, 0) is 0 Å². The standard InChI is InChI=1S/C9H8N2O3/c10-9(12)11-4-6-1-2-7-8(3-6)14-5-13-7/h1-4H,5H2,(H2,10,12)/b11-4+. The molecule has 0 bridgehead atoms. The minimum Gasteiger partial charge on any atom is -0.454 e. The summed E-state index contributed by atoms with van der Waals surface area (Å²) in [7, 11) is 0. The first-order valence-electron chi connectivity index (χ1n) is 3.99. The summed E-state index contributed by atoms with van der Waals surface area (Å²) in [5, 5.41) is 0. The molecule has 2 N–H and O–H groups in total. The number of benzene rings is 1. The van der Waals surface area contributed by atoms with Gasteiger partial charge in [-0.05, 0) is 23.8 Å². The lowest BCUT2D eigenvalue weighted by Gasteiger charge is -1.96. The number of primary amides is 1. The van der Waals surface area contributed by atoms with Crippen molar-refractivity contribution in [1.82, 2.24) is 0 Å². The fraction of sp³-hybridized carbons (Fsp3) is 0.111. The van der Waals surface area contributed by atoms with Crippen molar-refractivity contribution in [3.63, 3.8) is 0 Å². The molecule has 0 atom stereocenters. The Labute approximate surface area is 80.1 Å². The highest BCUT2D eigenvalue weighted by molar-refractivity contribution is 5.90. The van der Waals surface area contributed by atoms with E-state index in [2.05, 4.69) is 4.99 Å². The van der Waals surface area contributed by atoms with Crippen molar-refractivity contribution in [1.29, 1.82) is 0 Å². The van der Waals surface area contributed by atoms with E-state index in [1.165, 1.54) is 6.21 Å². The van der Waals surface area contributed by atoms with E-state index < -0.39 is 6.03 Å². The third kappa shape index (κ3) is 1.66. The van der Waals surface area contributed by atoms with E-state index in [1.807, 2.05) is 0 Å². The number of ether oxygens (including phenoxy) is 2. The third-order valence-electron chi connectivity index (χ3n) is 1.74. The highest BCUT2D eigenvalue weighted by atomic mass is 16.7. The van der Waals surface area contributed by atoms with Gasteiger partial charge >= 0.3 is 6.03 Å². The second kappa shape index (κ2) is 3.37. The molecular formula is C9H8N2O3. The number of rotatable bonds is 1. The Morgan fingerprint density at radius 3 is 3.00 bits per heavy atom. The van der Waals surface area contributed by atoms with Crippen LogP contribution in [0.2, 0.25) is 0 Å². The molecule has 5 heteroatoms. The fourth-order valence-electron chi connectivity index (χ4n) is 1.13. The summed E-state index contributed by atoms with van der Waals surface area (Å²) in [6, 6.07) is 4.53. The molecule has 0 saturated carbocycles. The van der Waals surface area contributed by atoms with Crippen LogP contribution in [0.3, 0.4) is 0 Å². The Morgan fingerprint density at radius 2 is 2.21 bits per heavy atom. The lowest BCUT2D eigenvalue weighted by Crippen LogP contribution is -2.04. The summed E-state index contributed by atoms with van der Waals surface area (Å²) < 4.78 is 10.3. The largest absolute Gasteiger partial charge is 0.454 e. The number of amides is 2. The maximum atomic E-state index is 10.4. The summed E-state index contributed by atoms with van der Waals surface area (Å²) in [4.78, 5) is 13.8. The van der Waals surface area contributed by atoms with Crippen LogP contribution in [0, 0.1) is 0 Å². The van der Waals surface area contributed by atoms with E-state index in [9.17, 15) is 4.79 Å². The van der Waals surface area contributed by atoms with Gasteiger partial charge in [0.2, 0.25) is 6.79 Å². The number of carbonyl (C=O) groups is 1. The van der Waals surface area contributed by atoms with Crippen LogP contribution < -0.4 is 15.2 Å². The van der Waals surface area contributed by atoms with E-state index >= 15 is 0 Å². The number of hydrogen-bond donors (Lipinski definition) is 1. The predicted octanol–water partition coefficient (Wildman–Crippen LogP) is 0.913. The van der Waals surface area contributed by atoms with Gasteiger partial charge in [0.25, 0.3) is 0 Å². The van der Waals surface area contributed by atoms with Gasteiger partial charge in [-0.25, -0.2) is 9.79 Å². The van der Waals surface area contributed by atoms with Crippen LogP contribution in [0.1, 0.15) is 5.56 Å². The first-order chi connectivity index (χ1) is 6.75. The Hall–Kier alpha value is -2.04. The number of fused-ring (bicyclic) bond motifs is 1. The zero-order valence-electron chi connectivity index (χ0n) is 7.27. The van der Waals surface area contributed by atoms with E-state index in [0.717, 1.165) is 5.56 Å². The van der Waals surface area contributed by atoms with Crippen LogP contribution in [0.4, 0.5) is 4.79 Å². The summed E-state index contributed by atoms with van der Waals surface area (Å²) >= 11 is 0. The van der Waals surface area contributed by atoms with E-state index in [4.69, 9.17) is 15.2 Å². The van der Waals surface area contributed by atoms with Gasteiger partial charge in [-0.1, -0.05) is 0 Å². The fourth-order valence-corrected chi connectivity index (χ4v) is 1.13. The van der Waals surface area contributed by atoms with E-state index in [0.29, 0.717) is 11.5 Å². The molecular weight excluding hydrogens is 184 g/mol. The smallest absolute Gasteiger partial charge is 0.338 e. The molecule has 0 radical (unpaired) electrons. The third-order valence-corrected chi connectivity index (χ3v) is 1.74. The number of hydrogen-bond acceptors (Lipinski definition) is 3. The number of aliphatic imine (C=N–C) groups is 1. The van der Waals surface area contributed by atoms with E-state index in [1.54, 1.807) is 18.2 Å². The van der Waals surface area contributed by atoms with Crippen LogP contribution >= 0.6 is 0 Å². The molecule has 14 heavy (non-hydrogen) atoms. The van der Waals surface area contributed by atoms with Crippen molar-refractivity contribution in [2.24, 2.45) is 10.7 Å². The number of nitrogens with zero attached hydrogens (tertiary/aromatic N) is 1. The Kier molecular flexibility index (Phi) is 2.06. The molecule has 1 aromatic carbocycles. The lowest BCUT2D eigenvalue weighted by atomic mass is 10.2. The van der Waals surface area contributed by atoms with Gasteiger partial charge in [-0.15, -0.1) is 0 Å². The summed E-state index contributed by atoms with van der Waals surface area (Å²) in [6.07, 6.45) is 1.38. The molecule has 0 fully saturated rings. The Bertz CT molecular complexity index is 401. The molecule has 5 nitrogen and oxygen atoms in total. The summed E-state index contributed by atoms with van der Waals surface area (Å²) in [6.45, 7) is 0.228. The highest BCUT2D eigenvalue weighted by Crippen LogP contribution is 2.31. The zero-order chi connectivity index (χ0) is 9.97. The van der Waals surface area contributed by atoms with Gasteiger partial charge in [0, 0.05) is 6.21 Å². The summed E-state index contributed by atoms with van der Waals surface area (Å²) in [5.74, 6) is 1.35. The molecule has 72 valence electrons. The van der Waals surface area contributed by atoms with Crippen LogP contribution in [0.15, 0.2) is 23.2 Å². The molecule has 0 aromatic heterocycles.